The summed E-state index contributed by atoms with van der Waals surface area (Å²) < 4.78 is 16.8. The molecule has 0 aliphatic heterocycles. The lowest BCUT2D eigenvalue weighted by Crippen LogP contribution is -2.30. The second-order valence-corrected chi connectivity index (χ2v) is 24.5. The average Bonchev–Trinajstić information content (AvgIpc) is 3.43. The van der Waals surface area contributed by atoms with Gasteiger partial charge in [-0.05, 0) is 19.3 Å². The number of ether oxygens (including phenoxy) is 3. The summed E-state index contributed by atoms with van der Waals surface area (Å²) in [6, 6.07) is 0. The van der Waals surface area contributed by atoms with Crippen LogP contribution in [-0.2, 0) is 28.6 Å². The monoisotopic (exact) mass is 1090 g/mol. The Kier molecular flexibility index (Phi) is 65.5. The lowest BCUT2D eigenvalue weighted by molar-refractivity contribution is -0.167. The van der Waals surface area contributed by atoms with Gasteiger partial charge in [0.2, 0.25) is 0 Å². The Labute approximate surface area is 482 Å². The minimum absolute atomic E-state index is 0.0621. The van der Waals surface area contributed by atoms with E-state index in [1.165, 1.54) is 315 Å². The Hall–Kier alpha value is -1.59. The van der Waals surface area contributed by atoms with Gasteiger partial charge in [0.05, 0.1) is 0 Å². The molecule has 0 fully saturated rings. The molecule has 6 heteroatoms. The summed E-state index contributed by atoms with van der Waals surface area (Å²) in [4.78, 5) is 38.0. The van der Waals surface area contributed by atoms with Crippen molar-refractivity contribution in [2.45, 2.75) is 425 Å². The minimum Gasteiger partial charge on any atom is -0.462 e. The molecule has 0 aromatic carbocycles. The predicted octanol–water partition coefficient (Wildman–Crippen LogP) is 24.2. The Morgan fingerprint density at radius 1 is 0.208 bits per heavy atom. The molecule has 0 radical (unpaired) electrons. The third-order valence-corrected chi connectivity index (χ3v) is 16.6. The van der Waals surface area contributed by atoms with Gasteiger partial charge >= 0.3 is 17.9 Å². The molecule has 0 heterocycles. The first-order valence-corrected chi connectivity index (χ1v) is 35.5. The molecule has 0 aromatic heterocycles. The van der Waals surface area contributed by atoms with Crippen LogP contribution in [0.1, 0.15) is 419 Å². The fraction of sp³-hybridized carbons (Fsp3) is 0.958. The molecule has 0 aliphatic carbocycles. The van der Waals surface area contributed by atoms with E-state index in [4.69, 9.17) is 14.2 Å². The molecule has 0 amide bonds. The van der Waals surface area contributed by atoms with E-state index in [9.17, 15) is 14.4 Å². The van der Waals surface area contributed by atoms with Crippen LogP contribution < -0.4 is 0 Å². The molecular weight excluding hydrogens is 949 g/mol. The van der Waals surface area contributed by atoms with Crippen LogP contribution in [0.2, 0.25) is 0 Å². The second kappa shape index (κ2) is 66.9. The molecule has 1 unspecified atom stereocenters. The predicted molar refractivity (Wildman–Crippen MR) is 335 cm³/mol. The summed E-state index contributed by atoms with van der Waals surface area (Å²) in [7, 11) is 0. The van der Waals surface area contributed by atoms with E-state index in [2.05, 4.69) is 20.8 Å². The van der Waals surface area contributed by atoms with Crippen molar-refractivity contribution >= 4 is 17.9 Å². The zero-order valence-corrected chi connectivity index (χ0v) is 52.8. The molecule has 458 valence electrons. The molecule has 1 atom stereocenters. The summed E-state index contributed by atoms with van der Waals surface area (Å²) in [5.41, 5.74) is 0. The van der Waals surface area contributed by atoms with Crippen LogP contribution in [0.15, 0.2) is 0 Å². The van der Waals surface area contributed by atoms with E-state index in [0.717, 1.165) is 64.2 Å². The van der Waals surface area contributed by atoms with Crippen molar-refractivity contribution in [2.75, 3.05) is 13.2 Å². The van der Waals surface area contributed by atoms with Gasteiger partial charge in [0.25, 0.3) is 0 Å². The minimum atomic E-state index is -0.761. The van der Waals surface area contributed by atoms with Crippen molar-refractivity contribution < 1.29 is 28.6 Å². The van der Waals surface area contributed by atoms with Crippen LogP contribution in [-0.4, -0.2) is 37.2 Å². The number of unbranched alkanes of at least 4 members (excludes halogenated alkanes) is 56. The van der Waals surface area contributed by atoms with Gasteiger partial charge in [-0.25, -0.2) is 0 Å². The number of hydrogen-bond acceptors (Lipinski definition) is 6. The largest absolute Gasteiger partial charge is 0.462 e. The van der Waals surface area contributed by atoms with E-state index in [-0.39, 0.29) is 31.1 Å². The molecule has 0 N–H and O–H groups in total. The number of rotatable bonds is 67. The number of esters is 3. The molecule has 0 aliphatic rings. The van der Waals surface area contributed by atoms with Crippen LogP contribution in [0.4, 0.5) is 0 Å². The SMILES string of the molecule is CCCCCCCCCCCCCCCCCCCCCCCCCCCCCCC(=O)OCC(COC(=O)CCCCCCC)OC(=O)CCCCCCCCCCCCCCCCCCCCCCCCCCCC. The van der Waals surface area contributed by atoms with Crippen molar-refractivity contribution in [1.29, 1.82) is 0 Å². The van der Waals surface area contributed by atoms with Crippen LogP contribution >= 0.6 is 0 Å². The van der Waals surface area contributed by atoms with Crippen molar-refractivity contribution in [3.8, 4) is 0 Å². The summed E-state index contributed by atoms with van der Waals surface area (Å²) >= 11 is 0. The summed E-state index contributed by atoms with van der Waals surface area (Å²) in [5, 5.41) is 0. The molecule has 6 nitrogen and oxygen atoms in total. The summed E-state index contributed by atoms with van der Waals surface area (Å²) in [6.45, 7) is 6.65. The highest BCUT2D eigenvalue weighted by atomic mass is 16.6. The Balaban J connectivity index is 3.89. The molecule has 0 spiro atoms. The van der Waals surface area contributed by atoms with Crippen molar-refractivity contribution in [3.63, 3.8) is 0 Å². The molecule has 0 bridgehead atoms. The second-order valence-electron chi connectivity index (χ2n) is 24.5. The zero-order valence-electron chi connectivity index (χ0n) is 52.8. The fourth-order valence-electron chi connectivity index (χ4n) is 11.3. The van der Waals surface area contributed by atoms with Crippen LogP contribution in [0.5, 0.6) is 0 Å². The molecule has 0 saturated heterocycles. The van der Waals surface area contributed by atoms with Crippen molar-refractivity contribution in [1.82, 2.24) is 0 Å². The average molecular weight is 1090 g/mol. The molecule has 0 rings (SSSR count). The highest BCUT2D eigenvalue weighted by Crippen LogP contribution is 2.20. The third kappa shape index (κ3) is 65.1. The van der Waals surface area contributed by atoms with Gasteiger partial charge in [-0.2, -0.15) is 0 Å². The number of hydrogen-bond donors (Lipinski definition) is 0. The topological polar surface area (TPSA) is 78.9 Å². The Morgan fingerprint density at radius 2 is 0.351 bits per heavy atom. The third-order valence-electron chi connectivity index (χ3n) is 16.6. The van der Waals surface area contributed by atoms with E-state index >= 15 is 0 Å². The summed E-state index contributed by atoms with van der Waals surface area (Å²) in [5.74, 6) is -0.842. The van der Waals surface area contributed by atoms with Crippen LogP contribution in [0.3, 0.4) is 0 Å². The van der Waals surface area contributed by atoms with Gasteiger partial charge in [0.1, 0.15) is 13.2 Å². The van der Waals surface area contributed by atoms with Gasteiger partial charge in [0, 0.05) is 19.3 Å². The van der Waals surface area contributed by atoms with Gasteiger partial charge in [-0.1, -0.05) is 380 Å². The Morgan fingerprint density at radius 3 is 0.519 bits per heavy atom. The molecule has 77 heavy (non-hydrogen) atoms. The fourth-order valence-corrected chi connectivity index (χ4v) is 11.3. The van der Waals surface area contributed by atoms with Gasteiger partial charge < -0.3 is 14.2 Å². The maximum Gasteiger partial charge on any atom is 0.306 e. The van der Waals surface area contributed by atoms with Gasteiger partial charge in [-0.15, -0.1) is 0 Å². The van der Waals surface area contributed by atoms with Crippen LogP contribution in [0.25, 0.3) is 0 Å². The van der Waals surface area contributed by atoms with Gasteiger partial charge in [0.15, 0.2) is 6.10 Å². The maximum atomic E-state index is 12.9. The first kappa shape index (κ1) is 75.4. The Bertz CT molecular complexity index is 1160. The zero-order chi connectivity index (χ0) is 55.7. The number of carbonyl (C=O) groups is 3. The van der Waals surface area contributed by atoms with E-state index in [0.29, 0.717) is 19.3 Å². The van der Waals surface area contributed by atoms with E-state index < -0.39 is 6.10 Å². The lowest BCUT2D eigenvalue weighted by Gasteiger charge is -2.18. The van der Waals surface area contributed by atoms with Gasteiger partial charge in [-0.3, -0.25) is 14.4 Å². The molecule has 0 aromatic rings. The maximum absolute atomic E-state index is 12.9. The van der Waals surface area contributed by atoms with E-state index in [1.807, 2.05) is 0 Å². The highest BCUT2D eigenvalue weighted by Gasteiger charge is 2.19. The molecule has 0 saturated carbocycles. The lowest BCUT2D eigenvalue weighted by atomic mass is 10.0. The first-order valence-electron chi connectivity index (χ1n) is 35.5. The standard InChI is InChI=1S/C71H138O6/c1-4-7-10-13-15-17-19-21-23-25-27-29-31-33-35-36-38-39-41-43-45-47-49-51-53-55-58-61-64-70(73)76-67-68(66-75-69(72)63-60-57-12-9-6-3)77-71(74)65-62-59-56-54-52-50-48-46-44-42-40-37-34-32-30-28-26-24-22-20-18-16-14-11-8-5-2/h68H,4-67H2,1-3H3. The number of carbonyl (C=O) groups excluding carboxylic acids is 3. The normalized spacial score (nSPS) is 11.9. The highest BCUT2D eigenvalue weighted by molar-refractivity contribution is 5.71. The summed E-state index contributed by atoms with van der Waals surface area (Å²) in [6.07, 6.45) is 79.2. The quantitative estimate of drug-likeness (QED) is 0.0343. The smallest absolute Gasteiger partial charge is 0.306 e. The molecular formula is C71H138O6. The van der Waals surface area contributed by atoms with Crippen molar-refractivity contribution in [3.05, 3.63) is 0 Å². The van der Waals surface area contributed by atoms with E-state index in [1.54, 1.807) is 0 Å². The van der Waals surface area contributed by atoms with Crippen LogP contribution in [0, 0.1) is 0 Å². The first-order chi connectivity index (χ1) is 38.0. The van der Waals surface area contributed by atoms with Crippen molar-refractivity contribution in [2.24, 2.45) is 0 Å².